The molecule has 0 aromatic carbocycles. The first kappa shape index (κ1) is 87.1. The molecule has 528 valence electrons. The fraction of sp³-hybridized carbons (Fsp3) is 0.943. The van der Waals surface area contributed by atoms with Crippen molar-refractivity contribution in [2.45, 2.75) is 374 Å². The molecule has 0 fully saturated rings. The van der Waals surface area contributed by atoms with E-state index in [0.29, 0.717) is 25.7 Å². The maximum Gasteiger partial charge on any atom is 0.472 e. The molecular weight excluding hydrogens is 1170 g/mol. The monoisotopic (exact) mass is 1310 g/mol. The van der Waals surface area contributed by atoms with E-state index in [1.54, 1.807) is 0 Å². The van der Waals surface area contributed by atoms with E-state index in [0.717, 1.165) is 108 Å². The number of phosphoric acid groups is 2. The highest BCUT2D eigenvalue weighted by atomic mass is 31.2. The molecule has 0 aromatic rings. The molecule has 0 aliphatic rings. The number of hydrogen-bond acceptors (Lipinski definition) is 15. The first-order chi connectivity index (χ1) is 42.9. The Kier molecular flexibility index (Phi) is 60.8. The zero-order valence-electron chi connectivity index (χ0n) is 57.7. The van der Waals surface area contributed by atoms with Crippen LogP contribution in [0.15, 0.2) is 0 Å². The van der Waals surface area contributed by atoms with Gasteiger partial charge in [0.1, 0.15) is 19.3 Å². The summed E-state index contributed by atoms with van der Waals surface area (Å²) in [7, 11) is -9.90. The summed E-state index contributed by atoms with van der Waals surface area (Å²) in [4.78, 5) is 72.5. The maximum atomic E-state index is 13.0. The van der Waals surface area contributed by atoms with Crippen LogP contribution >= 0.6 is 15.6 Å². The lowest BCUT2D eigenvalue weighted by molar-refractivity contribution is -0.161. The summed E-state index contributed by atoms with van der Waals surface area (Å²) in [6.45, 7) is 9.58. The molecule has 0 radical (unpaired) electrons. The van der Waals surface area contributed by atoms with E-state index < -0.39 is 97.5 Å². The second-order valence-corrected chi connectivity index (χ2v) is 28.7. The van der Waals surface area contributed by atoms with Gasteiger partial charge in [0.15, 0.2) is 12.2 Å². The van der Waals surface area contributed by atoms with Gasteiger partial charge in [-0.2, -0.15) is 0 Å². The van der Waals surface area contributed by atoms with Crippen molar-refractivity contribution in [3.05, 3.63) is 0 Å². The maximum absolute atomic E-state index is 13.0. The Hall–Kier alpha value is -1.94. The van der Waals surface area contributed by atoms with Crippen LogP contribution in [0.4, 0.5) is 0 Å². The predicted molar refractivity (Wildman–Crippen MR) is 358 cm³/mol. The molecule has 0 spiro atoms. The summed E-state index contributed by atoms with van der Waals surface area (Å²) in [6, 6.07) is 0. The molecule has 0 saturated carbocycles. The topological polar surface area (TPSA) is 237 Å². The average molecular weight is 1310 g/mol. The molecule has 0 bridgehead atoms. The van der Waals surface area contributed by atoms with Crippen LogP contribution in [0.5, 0.6) is 0 Å². The van der Waals surface area contributed by atoms with E-state index in [1.807, 2.05) is 0 Å². The number of aliphatic hydroxyl groups is 1. The van der Waals surface area contributed by atoms with Gasteiger partial charge in [-0.15, -0.1) is 0 Å². The number of esters is 4. The normalized spacial score (nSPS) is 14.8. The van der Waals surface area contributed by atoms with Gasteiger partial charge in [-0.05, 0) is 37.5 Å². The summed E-state index contributed by atoms with van der Waals surface area (Å²) in [5, 5.41) is 10.6. The number of carbonyl (C=O) groups excluding carboxylic acids is 4. The number of ether oxygens (including phenoxy) is 4. The van der Waals surface area contributed by atoms with Crippen LogP contribution in [0, 0.1) is 11.8 Å². The summed E-state index contributed by atoms with van der Waals surface area (Å²) in [5.41, 5.74) is 0. The molecule has 89 heavy (non-hydrogen) atoms. The third kappa shape index (κ3) is 62.0. The van der Waals surface area contributed by atoms with Crippen LogP contribution in [-0.2, 0) is 65.4 Å². The van der Waals surface area contributed by atoms with E-state index in [9.17, 15) is 43.2 Å². The molecule has 0 rings (SSSR count). The minimum atomic E-state index is -4.95. The predicted octanol–water partition coefficient (Wildman–Crippen LogP) is 20.0. The average Bonchev–Trinajstić information content (AvgIpc) is 3.59. The van der Waals surface area contributed by atoms with Gasteiger partial charge in [0.05, 0.1) is 26.4 Å². The van der Waals surface area contributed by atoms with Crippen molar-refractivity contribution >= 4 is 39.5 Å². The number of rotatable bonds is 69. The van der Waals surface area contributed by atoms with Gasteiger partial charge in [-0.3, -0.25) is 37.3 Å². The lowest BCUT2D eigenvalue weighted by Crippen LogP contribution is -2.30. The molecule has 0 aromatic heterocycles. The van der Waals surface area contributed by atoms with Gasteiger partial charge < -0.3 is 33.8 Å². The van der Waals surface area contributed by atoms with Crippen LogP contribution in [0.25, 0.3) is 0 Å². The van der Waals surface area contributed by atoms with Gasteiger partial charge in [-0.1, -0.05) is 305 Å². The van der Waals surface area contributed by atoms with E-state index in [-0.39, 0.29) is 25.7 Å². The van der Waals surface area contributed by atoms with Crippen molar-refractivity contribution in [2.24, 2.45) is 11.8 Å². The number of unbranched alkanes of at least 4 members (excludes halogenated alkanes) is 37. The molecule has 0 aliphatic heterocycles. The highest BCUT2D eigenvalue weighted by Crippen LogP contribution is 2.45. The molecule has 0 amide bonds. The molecular formula is C70H136O17P2. The van der Waals surface area contributed by atoms with Crippen LogP contribution in [0.3, 0.4) is 0 Å². The quantitative estimate of drug-likeness (QED) is 0.0222. The van der Waals surface area contributed by atoms with Crippen molar-refractivity contribution in [1.29, 1.82) is 0 Å². The number of phosphoric ester groups is 2. The number of aliphatic hydroxyl groups excluding tert-OH is 1. The van der Waals surface area contributed by atoms with Crippen LogP contribution in [-0.4, -0.2) is 96.7 Å². The van der Waals surface area contributed by atoms with Crippen LogP contribution in [0.2, 0.25) is 0 Å². The third-order valence-corrected chi connectivity index (χ3v) is 18.8. The summed E-state index contributed by atoms with van der Waals surface area (Å²) in [5.74, 6) is -0.513. The molecule has 17 nitrogen and oxygen atoms in total. The van der Waals surface area contributed by atoms with Gasteiger partial charge in [0.2, 0.25) is 0 Å². The fourth-order valence-corrected chi connectivity index (χ4v) is 12.1. The lowest BCUT2D eigenvalue weighted by Gasteiger charge is -2.21. The molecule has 4 unspecified atom stereocenters. The Bertz CT molecular complexity index is 1740. The van der Waals surface area contributed by atoms with Crippen molar-refractivity contribution in [3.8, 4) is 0 Å². The minimum absolute atomic E-state index is 0.106. The SMILES string of the molecule is CCCCCCCCCCCCCCCC(=O)O[C@H](COC(=O)CCCCCCCCCC)COP(=O)(O)OC[C@H](O)COP(=O)(O)OC[C@@H](COC(=O)CCCCCCCCCCCCC(C)CC)OC(=O)CCCCCCCCCCCCC(C)CC. The van der Waals surface area contributed by atoms with Gasteiger partial charge in [-0.25, -0.2) is 9.13 Å². The highest BCUT2D eigenvalue weighted by molar-refractivity contribution is 7.47. The van der Waals surface area contributed by atoms with Crippen LogP contribution in [0.1, 0.15) is 356 Å². The Morgan fingerprint density at radius 3 is 0.798 bits per heavy atom. The second kappa shape index (κ2) is 62.2. The molecule has 0 aliphatic carbocycles. The summed E-state index contributed by atoms with van der Waals surface area (Å²) < 4.78 is 68.3. The zero-order valence-corrected chi connectivity index (χ0v) is 59.5. The first-order valence-corrected chi connectivity index (χ1v) is 39.6. The summed E-state index contributed by atoms with van der Waals surface area (Å²) in [6.07, 6.45) is 47.0. The lowest BCUT2D eigenvalue weighted by atomic mass is 9.99. The Labute approximate surface area is 543 Å². The molecule has 0 heterocycles. The van der Waals surface area contributed by atoms with Crippen molar-refractivity contribution in [2.75, 3.05) is 39.6 Å². The van der Waals surface area contributed by atoms with Crippen molar-refractivity contribution in [3.63, 3.8) is 0 Å². The Balaban J connectivity index is 5.24. The smallest absolute Gasteiger partial charge is 0.462 e. The third-order valence-electron chi connectivity index (χ3n) is 16.9. The molecule has 3 N–H and O–H groups in total. The largest absolute Gasteiger partial charge is 0.472 e. The van der Waals surface area contributed by atoms with E-state index in [2.05, 4.69) is 41.5 Å². The molecule has 19 heteroatoms. The fourth-order valence-electron chi connectivity index (χ4n) is 10.5. The van der Waals surface area contributed by atoms with E-state index in [4.69, 9.17) is 37.0 Å². The second-order valence-electron chi connectivity index (χ2n) is 25.8. The van der Waals surface area contributed by atoms with Gasteiger partial charge >= 0.3 is 39.5 Å². The minimum Gasteiger partial charge on any atom is -0.462 e. The van der Waals surface area contributed by atoms with Crippen molar-refractivity contribution < 1.29 is 80.2 Å². The van der Waals surface area contributed by atoms with Crippen molar-refractivity contribution in [1.82, 2.24) is 0 Å². The molecule has 7 atom stereocenters. The van der Waals surface area contributed by atoms with E-state index in [1.165, 1.54) is 167 Å². The summed E-state index contributed by atoms with van der Waals surface area (Å²) >= 11 is 0. The van der Waals surface area contributed by atoms with Gasteiger partial charge in [0.25, 0.3) is 0 Å². The Morgan fingerprint density at radius 1 is 0.315 bits per heavy atom. The highest BCUT2D eigenvalue weighted by Gasteiger charge is 2.30. The number of hydrogen-bond donors (Lipinski definition) is 3. The molecule has 0 saturated heterocycles. The Morgan fingerprint density at radius 2 is 0.539 bits per heavy atom. The number of carbonyl (C=O) groups is 4. The van der Waals surface area contributed by atoms with Crippen LogP contribution < -0.4 is 0 Å². The standard InChI is InChI=1S/C70H136O17P2/c1-7-11-13-15-17-19-20-21-22-30-36-42-48-54-69(74)86-65(58-80-67(72)52-46-40-34-18-16-14-12-8-2)60-84-88(76,77)82-56-64(71)57-83-89(78,79)85-61-66(87-70(75)55-49-43-37-31-26-24-28-33-39-45-51-63(6)10-4)59-81-68(73)53-47-41-35-29-25-23-27-32-38-44-50-62(5)9-3/h62-66,71H,7-61H2,1-6H3,(H,76,77)(H,78,79)/t62?,63?,64-,65+,66+/m0/s1. The zero-order chi connectivity index (χ0) is 65.7. The first-order valence-electron chi connectivity index (χ1n) is 36.6. The van der Waals surface area contributed by atoms with E-state index >= 15 is 0 Å². The van der Waals surface area contributed by atoms with Gasteiger partial charge in [0, 0.05) is 25.7 Å².